The molecule has 3 aromatic carbocycles. The Morgan fingerprint density at radius 1 is 1.03 bits per heavy atom. The number of rotatable bonds is 8. The van der Waals surface area contributed by atoms with Crippen molar-refractivity contribution >= 4 is 45.6 Å². The minimum Gasteiger partial charge on any atom is -0.490 e. The summed E-state index contributed by atoms with van der Waals surface area (Å²) in [7, 11) is 0. The van der Waals surface area contributed by atoms with Crippen LogP contribution in [0.2, 0.25) is 5.02 Å². The van der Waals surface area contributed by atoms with Gasteiger partial charge in [0.1, 0.15) is 18.1 Å². The fraction of sp³-hybridized carbons (Fsp3) is 0.0417. The van der Waals surface area contributed by atoms with Crippen molar-refractivity contribution in [2.75, 3.05) is 6.61 Å². The van der Waals surface area contributed by atoms with Gasteiger partial charge in [-0.15, -0.1) is 0 Å². The molecule has 0 aromatic heterocycles. The van der Waals surface area contributed by atoms with Crippen LogP contribution in [0.4, 0.5) is 0 Å². The van der Waals surface area contributed by atoms with Crippen LogP contribution in [0.25, 0.3) is 0 Å². The SMILES string of the molecule is C=CCOc1ccc(C(=O)N/N=C\c2cc(Br)ccc2OC(=O)c2ccc(Cl)cc2)cc1. The van der Waals surface area contributed by atoms with Crippen LogP contribution in [-0.2, 0) is 0 Å². The summed E-state index contributed by atoms with van der Waals surface area (Å²) in [6.07, 6.45) is 3.03. The monoisotopic (exact) mass is 512 g/mol. The summed E-state index contributed by atoms with van der Waals surface area (Å²) in [5, 5.41) is 4.51. The first-order valence-corrected chi connectivity index (χ1v) is 10.6. The lowest BCUT2D eigenvalue weighted by atomic mass is 10.2. The highest BCUT2D eigenvalue weighted by molar-refractivity contribution is 9.10. The van der Waals surface area contributed by atoms with Crippen molar-refractivity contribution in [2.45, 2.75) is 0 Å². The van der Waals surface area contributed by atoms with Crippen LogP contribution < -0.4 is 14.9 Å². The normalized spacial score (nSPS) is 10.6. The lowest BCUT2D eigenvalue weighted by molar-refractivity contribution is 0.0734. The predicted molar refractivity (Wildman–Crippen MR) is 128 cm³/mol. The van der Waals surface area contributed by atoms with E-state index in [1.54, 1.807) is 72.8 Å². The number of carbonyl (C=O) groups excluding carboxylic acids is 2. The van der Waals surface area contributed by atoms with Gasteiger partial charge in [0.15, 0.2) is 0 Å². The van der Waals surface area contributed by atoms with Gasteiger partial charge in [-0.3, -0.25) is 4.79 Å². The molecule has 0 saturated carbocycles. The number of halogens is 2. The molecule has 0 unspecified atom stereocenters. The second-order valence-electron chi connectivity index (χ2n) is 6.40. The van der Waals surface area contributed by atoms with E-state index in [0.29, 0.717) is 34.1 Å². The van der Waals surface area contributed by atoms with E-state index < -0.39 is 11.9 Å². The number of benzene rings is 3. The summed E-state index contributed by atoms with van der Waals surface area (Å²) in [4.78, 5) is 24.7. The molecule has 162 valence electrons. The Kier molecular flexibility index (Phi) is 8.19. The topological polar surface area (TPSA) is 77.0 Å². The second-order valence-corrected chi connectivity index (χ2v) is 7.75. The van der Waals surface area contributed by atoms with Crippen molar-refractivity contribution in [3.05, 3.63) is 106 Å². The van der Waals surface area contributed by atoms with Crippen molar-refractivity contribution in [3.63, 3.8) is 0 Å². The number of amides is 1. The minimum absolute atomic E-state index is 0.287. The van der Waals surface area contributed by atoms with Gasteiger partial charge in [0, 0.05) is 20.6 Å². The summed E-state index contributed by atoms with van der Waals surface area (Å²) < 4.78 is 11.6. The largest absolute Gasteiger partial charge is 0.490 e. The Hall–Kier alpha value is -3.42. The van der Waals surface area contributed by atoms with Gasteiger partial charge in [0.2, 0.25) is 0 Å². The standard InChI is InChI=1S/C24H18BrClN2O4/c1-2-13-31-21-10-5-16(6-11-21)23(29)28-27-15-18-14-19(25)7-12-22(18)32-24(30)17-3-8-20(26)9-4-17/h2-12,14-15H,1,13H2,(H,28,29)/b27-15-. The van der Waals surface area contributed by atoms with E-state index >= 15 is 0 Å². The van der Waals surface area contributed by atoms with E-state index in [0.717, 1.165) is 4.47 Å². The lowest BCUT2D eigenvalue weighted by Crippen LogP contribution is -2.17. The molecule has 0 radical (unpaired) electrons. The van der Waals surface area contributed by atoms with Gasteiger partial charge in [-0.1, -0.05) is 40.2 Å². The van der Waals surface area contributed by atoms with Gasteiger partial charge in [0.25, 0.3) is 5.91 Å². The highest BCUT2D eigenvalue weighted by atomic mass is 79.9. The van der Waals surface area contributed by atoms with Crippen LogP contribution in [-0.4, -0.2) is 24.7 Å². The molecular weight excluding hydrogens is 496 g/mol. The molecule has 0 heterocycles. The molecule has 0 atom stereocenters. The quantitative estimate of drug-likeness (QED) is 0.139. The van der Waals surface area contributed by atoms with E-state index in [-0.39, 0.29) is 5.75 Å². The summed E-state index contributed by atoms with van der Waals surface area (Å²) >= 11 is 9.23. The molecule has 0 aliphatic rings. The average Bonchev–Trinajstić information content (AvgIpc) is 2.80. The molecule has 3 aromatic rings. The highest BCUT2D eigenvalue weighted by Gasteiger charge is 2.12. The first-order chi connectivity index (χ1) is 15.5. The molecular formula is C24H18BrClN2O4. The number of esters is 1. The van der Waals surface area contributed by atoms with Crippen LogP contribution in [0.3, 0.4) is 0 Å². The third-order valence-corrected chi connectivity index (χ3v) is 4.85. The molecule has 32 heavy (non-hydrogen) atoms. The number of hydrazone groups is 1. The summed E-state index contributed by atoms with van der Waals surface area (Å²) in [6, 6.07) is 18.1. The Labute approximate surface area is 198 Å². The van der Waals surface area contributed by atoms with Crippen molar-refractivity contribution in [1.82, 2.24) is 5.43 Å². The number of nitrogens with one attached hydrogen (secondary N) is 1. The van der Waals surface area contributed by atoms with Crippen molar-refractivity contribution in [2.24, 2.45) is 5.10 Å². The Morgan fingerprint density at radius 2 is 1.72 bits per heavy atom. The molecule has 0 fully saturated rings. The van der Waals surface area contributed by atoms with Crippen molar-refractivity contribution in [3.8, 4) is 11.5 Å². The third kappa shape index (κ3) is 6.54. The zero-order valence-corrected chi connectivity index (χ0v) is 19.1. The van der Waals surface area contributed by atoms with Crippen LogP contribution in [0.1, 0.15) is 26.3 Å². The van der Waals surface area contributed by atoms with Crippen molar-refractivity contribution < 1.29 is 19.1 Å². The molecule has 8 heteroatoms. The molecule has 1 N–H and O–H groups in total. The summed E-state index contributed by atoms with van der Waals surface area (Å²) in [6.45, 7) is 3.97. The van der Waals surface area contributed by atoms with E-state index in [9.17, 15) is 9.59 Å². The number of hydrogen-bond donors (Lipinski definition) is 1. The van der Waals surface area contributed by atoms with Gasteiger partial charge in [0.05, 0.1) is 11.8 Å². The Balaban J connectivity index is 1.67. The molecule has 3 rings (SSSR count). The zero-order valence-electron chi connectivity index (χ0n) is 16.8. The van der Waals surface area contributed by atoms with Crippen LogP contribution >= 0.6 is 27.5 Å². The van der Waals surface area contributed by atoms with Crippen LogP contribution in [0.15, 0.2) is 89.0 Å². The van der Waals surface area contributed by atoms with Crippen LogP contribution in [0, 0.1) is 0 Å². The highest BCUT2D eigenvalue weighted by Crippen LogP contribution is 2.23. The Bertz CT molecular complexity index is 1150. The molecule has 0 aliphatic heterocycles. The number of ether oxygens (including phenoxy) is 2. The fourth-order valence-corrected chi connectivity index (χ4v) is 3.05. The van der Waals surface area contributed by atoms with E-state index in [4.69, 9.17) is 21.1 Å². The van der Waals surface area contributed by atoms with Gasteiger partial charge in [-0.05, 0) is 66.7 Å². The number of nitrogens with zero attached hydrogens (tertiary/aromatic N) is 1. The lowest BCUT2D eigenvalue weighted by Gasteiger charge is -2.08. The second kappa shape index (κ2) is 11.3. The maximum atomic E-state index is 12.4. The minimum atomic E-state index is -0.540. The van der Waals surface area contributed by atoms with E-state index in [1.807, 2.05) is 0 Å². The molecule has 0 aliphatic carbocycles. The fourth-order valence-electron chi connectivity index (χ4n) is 2.54. The molecule has 0 bridgehead atoms. The molecule has 6 nitrogen and oxygen atoms in total. The summed E-state index contributed by atoms with van der Waals surface area (Å²) in [5.41, 5.74) is 3.72. The number of carbonyl (C=O) groups is 2. The molecule has 1 amide bonds. The number of hydrogen-bond acceptors (Lipinski definition) is 5. The van der Waals surface area contributed by atoms with Gasteiger partial charge in [-0.2, -0.15) is 5.10 Å². The Morgan fingerprint density at radius 3 is 2.41 bits per heavy atom. The van der Waals surface area contributed by atoms with E-state index in [1.165, 1.54) is 6.21 Å². The van der Waals surface area contributed by atoms with Gasteiger partial charge < -0.3 is 9.47 Å². The molecule has 0 spiro atoms. The zero-order chi connectivity index (χ0) is 22.9. The first kappa shape index (κ1) is 23.2. The maximum absolute atomic E-state index is 12.4. The van der Waals surface area contributed by atoms with Gasteiger partial charge >= 0.3 is 5.97 Å². The van der Waals surface area contributed by atoms with Gasteiger partial charge in [-0.25, -0.2) is 10.2 Å². The first-order valence-electron chi connectivity index (χ1n) is 9.41. The molecule has 0 saturated heterocycles. The third-order valence-electron chi connectivity index (χ3n) is 4.11. The van der Waals surface area contributed by atoms with Crippen molar-refractivity contribution in [1.29, 1.82) is 0 Å². The van der Waals surface area contributed by atoms with E-state index in [2.05, 4.69) is 33.0 Å². The average molecular weight is 514 g/mol. The van der Waals surface area contributed by atoms with Crippen LogP contribution in [0.5, 0.6) is 11.5 Å². The summed E-state index contributed by atoms with van der Waals surface area (Å²) in [5.74, 6) is -0.0197. The maximum Gasteiger partial charge on any atom is 0.343 e. The predicted octanol–water partition coefficient (Wildman–Crippen LogP) is 5.65. The smallest absolute Gasteiger partial charge is 0.343 e.